The summed E-state index contributed by atoms with van der Waals surface area (Å²) in [7, 11) is 1.35. The van der Waals surface area contributed by atoms with E-state index < -0.39 is 5.97 Å². The number of rotatable bonds is 2. The summed E-state index contributed by atoms with van der Waals surface area (Å²) in [4.78, 5) is 11.8. The molecule has 94 valence electrons. The van der Waals surface area contributed by atoms with Gasteiger partial charge >= 0.3 is 5.97 Å². The smallest absolute Gasteiger partial charge is 0.338 e. The van der Waals surface area contributed by atoms with E-state index in [9.17, 15) is 4.79 Å². The van der Waals surface area contributed by atoms with Gasteiger partial charge in [0, 0.05) is 0 Å². The molecule has 1 aromatic rings. The molecule has 3 nitrogen and oxygen atoms in total. The van der Waals surface area contributed by atoms with Gasteiger partial charge in [-0.25, -0.2) is 4.79 Å². The van der Waals surface area contributed by atoms with Gasteiger partial charge in [-0.2, -0.15) is 0 Å². The van der Waals surface area contributed by atoms with E-state index in [0.717, 1.165) is 5.56 Å². The van der Waals surface area contributed by atoms with Gasteiger partial charge in [-0.05, 0) is 11.6 Å². The molecule has 0 aliphatic carbocycles. The van der Waals surface area contributed by atoms with E-state index in [-0.39, 0.29) is 11.7 Å². The quantitative estimate of drug-likeness (QED) is 0.468. The zero-order valence-corrected chi connectivity index (χ0v) is 10.6. The first-order valence-electron chi connectivity index (χ1n) is 5.54. The van der Waals surface area contributed by atoms with Gasteiger partial charge < -0.3 is 9.47 Å². The number of carbonyl (C=O) groups excluding carboxylic acids is 1. The van der Waals surface area contributed by atoms with Gasteiger partial charge in [-0.3, -0.25) is 0 Å². The molecule has 1 aliphatic heterocycles. The van der Waals surface area contributed by atoms with Crippen molar-refractivity contribution >= 4 is 17.6 Å². The molecule has 0 amide bonds. The second-order valence-electron chi connectivity index (χ2n) is 3.76. The van der Waals surface area contributed by atoms with Crippen LogP contribution in [0.15, 0.2) is 48.5 Å². The Labute approximate surface area is 111 Å². The van der Waals surface area contributed by atoms with Gasteiger partial charge in [0.2, 0.25) is 0 Å². The maximum absolute atomic E-state index is 11.8. The molecule has 0 spiro atoms. The number of epoxide rings is 1. The van der Waals surface area contributed by atoms with Gasteiger partial charge in [0.05, 0.1) is 12.7 Å². The molecule has 18 heavy (non-hydrogen) atoms. The fourth-order valence-corrected chi connectivity index (χ4v) is 1.85. The lowest BCUT2D eigenvalue weighted by Crippen LogP contribution is -2.04. The molecule has 2 atom stereocenters. The number of esters is 1. The van der Waals surface area contributed by atoms with E-state index in [0.29, 0.717) is 5.56 Å². The predicted molar refractivity (Wildman–Crippen MR) is 68.9 cm³/mol. The lowest BCUT2D eigenvalue weighted by Gasteiger charge is -2.02. The molecule has 1 heterocycles. The molecule has 1 aromatic carbocycles. The molecular weight excluding hydrogens is 252 g/mol. The highest BCUT2D eigenvalue weighted by Crippen LogP contribution is 2.42. The Morgan fingerprint density at radius 3 is 2.28 bits per heavy atom. The minimum atomic E-state index is -0.400. The van der Waals surface area contributed by atoms with Crippen LogP contribution in [0.25, 0.3) is 0 Å². The van der Waals surface area contributed by atoms with Crippen LogP contribution in [-0.4, -0.2) is 18.6 Å². The summed E-state index contributed by atoms with van der Waals surface area (Å²) in [6.07, 6.45) is -0.251. The van der Waals surface area contributed by atoms with Gasteiger partial charge in [0.25, 0.3) is 0 Å². The first-order valence-corrected chi connectivity index (χ1v) is 5.98. The van der Waals surface area contributed by atoms with Crippen molar-refractivity contribution in [2.75, 3.05) is 7.11 Å². The van der Waals surface area contributed by atoms with Crippen LogP contribution in [0.3, 0.4) is 0 Å². The Morgan fingerprint density at radius 1 is 1.17 bits per heavy atom. The Bertz CT molecular complexity index is 500. The number of halogens is 1. The summed E-state index contributed by atoms with van der Waals surface area (Å²) in [6, 6.07) is 14.6. The summed E-state index contributed by atoms with van der Waals surface area (Å²) < 4.78 is 10.0. The average Bonchev–Trinajstić information content (AvgIpc) is 3.11. The fraction of sp³-hybridized carbons (Fsp3) is 0.214. The van der Waals surface area contributed by atoms with Crippen LogP contribution in [-0.2, 0) is 9.47 Å². The molecule has 4 heteroatoms. The summed E-state index contributed by atoms with van der Waals surface area (Å²) in [5.41, 5.74) is 0.820. The van der Waals surface area contributed by atoms with Crippen LogP contribution in [0.1, 0.15) is 22.0 Å². The number of hydrogen-bond acceptors (Lipinski definition) is 3. The lowest BCUT2D eigenvalue weighted by atomic mass is 10.1. The zero-order chi connectivity index (χ0) is 13.0. The average molecular weight is 265 g/mol. The van der Waals surface area contributed by atoms with Gasteiger partial charge in [0.1, 0.15) is 6.10 Å². The minimum Gasteiger partial charge on any atom is -0.465 e. The number of carbonyl (C=O) groups is 1. The van der Waals surface area contributed by atoms with E-state index in [2.05, 4.69) is 0 Å². The highest BCUT2D eigenvalue weighted by Gasteiger charge is 2.40. The summed E-state index contributed by atoms with van der Waals surface area (Å²) in [5.74, 6) is -0.400. The van der Waals surface area contributed by atoms with Crippen LogP contribution >= 0.6 is 11.6 Å². The van der Waals surface area contributed by atoms with Crippen molar-refractivity contribution in [1.82, 2.24) is 0 Å². The van der Waals surface area contributed by atoms with Crippen molar-refractivity contribution in [3.8, 4) is 0 Å². The van der Waals surface area contributed by atoms with Crippen LogP contribution in [0, 0.1) is 0 Å². The number of alkyl halides is 1. The van der Waals surface area contributed by atoms with E-state index in [1.807, 2.05) is 36.4 Å². The Kier molecular flexibility index (Phi) is 4.18. The molecule has 1 saturated heterocycles. The van der Waals surface area contributed by atoms with Crippen molar-refractivity contribution in [2.45, 2.75) is 11.7 Å². The van der Waals surface area contributed by atoms with Crippen molar-refractivity contribution in [3.05, 3.63) is 59.7 Å². The molecule has 0 aromatic heterocycles. The monoisotopic (exact) mass is 264 g/mol. The van der Waals surface area contributed by atoms with Gasteiger partial charge in [0.15, 0.2) is 5.56 Å². The third kappa shape index (κ3) is 3.00. The van der Waals surface area contributed by atoms with Crippen molar-refractivity contribution in [3.63, 3.8) is 0 Å². The van der Waals surface area contributed by atoms with Crippen LogP contribution < -0.4 is 0 Å². The maximum atomic E-state index is 11.8. The third-order valence-electron chi connectivity index (χ3n) is 2.56. The highest BCUT2D eigenvalue weighted by molar-refractivity contribution is 6.21. The molecule has 0 radical (unpaired) electrons. The van der Waals surface area contributed by atoms with E-state index in [4.69, 9.17) is 21.1 Å². The van der Waals surface area contributed by atoms with Crippen molar-refractivity contribution in [1.29, 1.82) is 0 Å². The van der Waals surface area contributed by atoms with E-state index >= 15 is 0 Å². The van der Waals surface area contributed by atoms with Gasteiger partial charge in [-0.1, -0.05) is 54.1 Å². The third-order valence-corrected chi connectivity index (χ3v) is 2.89. The number of ether oxygens (including phenoxy) is 2. The summed E-state index contributed by atoms with van der Waals surface area (Å²) >= 11 is 5.87. The zero-order valence-electron chi connectivity index (χ0n) is 9.88. The molecular formula is C14H13ClO3. The van der Waals surface area contributed by atoms with E-state index in [1.165, 1.54) is 7.11 Å². The fourth-order valence-electron chi connectivity index (χ4n) is 1.61. The normalized spacial score (nSPS) is 20.8. The molecule has 2 unspecified atom stereocenters. The van der Waals surface area contributed by atoms with Crippen LogP contribution in [0.5, 0.6) is 0 Å². The molecule has 1 fully saturated rings. The minimum absolute atomic E-state index is 0.251. The molecule has 1 aliphatic rings. The molecule has 0 bridgehead atoms. The topological polar surface area (TPSA) is 38.8 Å². The second-order valence-corrected chi connectivity index (χ2v) is 4.19. The Morgan fingerprint density at radius 2 is 1.72 bits per heavy atom. The van der Waals surface area contributed by atoms with Gasteiger partial charge in [-0.15, -0.1) is 0 Å². The lowest BCUT2D eigenvalue weighted by molar-refractivity contribution is 0.0599. The maximum Gasteiger partial charge on any atom is 0.338 e. The Hall–Kier alpha value is -1.58. The van der Waals surface area contributed by atoms with Crippen molar-refractivity contribution < 1.29 is 14.3 Å². The summed E-state index contributed by atoms with van der Waals surface area (Å²) in [6.45, 7) is 0. The largest absolute Gasteiger partial charge is 0.465 e. The van der Waals surface area contributed by atoms with Crippen molar-refractivity contribution in [2.24, 2.45) is 0 Å². The van der Waals surface area contributed by atoms with Crippen LogP contribution in [0.2, 0.25) is 0 Å². The Balaban J connectivity index is 2.55. The second kappa shape index (κ2) is 5.85. The van der Waals surface area contributed by atoms with Crippen LogP contribution in [0.4, 0.5) is 0 Å². The predicted octanol–water partition coefficient (Wildman–Crippen LogP) is 3.23. The first-order chi connectivity index (χ1) is 8.74. The first kappa shape index (κ1) is 12.9. The molecule has 0 saturated carbocycles. The molecule has 0 N–H and O–H groups in total. The SMILES string of the molecule is COC(=O)c1ccccccccc1C1OC1Cl. The molecule has 2 rings (SSSR count). The standard InChI is InChI=1S/C14H13ClO3/c1-17-14(16)11-9-7-5-3-2-4-6-8-10(11)12-13(15)18-12/h2-9,12-13H,1H3. The summed E-state index contributed by atoms with van der Waals surface area (Å²) in [5, 5.41) is 0. The highest BCUT2D eigenvalue weighted by atomic mass is 35.5. The van der Waals surface area contributed by atoms with E-state index in [1.54, 1.807) is 12.1 Å². The number of methoxy groups -OCH3 is 1. The number of hydrogen-bond donors (Lipinski definition) is 0.